The molecule has 22 heavy (non-hydrogen) atoms. The van der Waals surface area contributed by atoms with Crippen LogP contribution in [0, 0.1) is 0 Å². The van der Waals surface area contributed by atoms with Gasteiger partial charge in [0.15, 0.2) is 0 Å². The van der Waals surface area contributed by atoms with E-state index in [0.717, 1.165) is 54.7 Å². The maximum absolute atomic E-state index is 13.1. The monoisotopic (exact) mass is 312 g/mol. The van der Waals surface area contributed by atoms with E-state index in [9.17, 15) is 4.79 Å². The molecule has 3 nitrogen and oxygen atoms in total. The molecule has 0 atom stereocenters. The maximum Gasteiger partial charge on any atom is 0.259 e. The zero-order valence-electron chi connectivity index (χ0n) is 12.6. The van der Waals surface area contributed by atoms with Crippen molar-refractivity contribution in [1.82, 2.24) is 0 Å². The van der Waals surface area contributed by atoms with E-state index >= 15 is 0 Å². The van der Waals surface area contributed by atoms with Gasteiger partial charge in [-0.05, 0) is 61.8 Å². The molecule has 0 bridgehead atoms. The summed E-state index contributed by atoms with van der Waals surface area (Å²) in [7, 11) is 0. The van der Waals surface area contributed by atoms with E-state index in [1.807, 2.05) is 23.1 Å². The van der Waals surface area contributed by atoms with Gasteiger partial charge < -0.3 is 10.6 Å². The minimum atomic E-state index is 0.158. The van der Waals surface area contributed by atoms with Gasteiger partial charge >= 0.3 is 0 Å². The van der Waals surface area contributed by atoms with Crippen LogP contribution in [0.15, 0.2) is 23.6 Å². The highest BCUT2D eigenvalue weighted by Gasteiger charge is 2.28. The van der Waals surface area contributed by atoms with Crippen LogP contribution in [0.1, 0.15) is 45.6 Å². The summed E-state index contributed by atoms with van der Waals surface area (Å²) in [5.74, 6) is 0.158. The predicted molar refractivity (Wildman–Crippen MR) is 91.8 cm³/mol. The van der Waals surface area contributed by atoms with Gasteiger partial charge in [-0.25, -0.2) is 0 Å². The molecule has 1 amide bonds. The normalized spacial score (nSPS) is 17.0. The number of hydrogen-bond acceptors (Lipinski definition) is 3. The van der Waals surface area contributed by atoms with Crippen LogP contribution in [0.5, 0.6) is 0 Å². The van der Waals surface area contributed by atoms with Crippen LogP contribution in [0.2, 0.25) is 0 Å². The lowest BCUT2D eigenvalue weighted by molar-refractivity contribution is 0.0984. The summed E-state index contributed by atoms with van der Waals surface area (Å²) in [4.78, 5) is 16.5. The van der Waals surface area contributed by atoms with Crippen molar-refractivity contribution in [2.24, 2.45) is 0 Å². The van der Waals surface area contributed by atoms with Crippen molar-refractivity contribution < 1.29 is 4.79 Å². The van der Waals surface area contributed by atoms with Crippen LogP contribution in [0.25, 0.3) is 0 Å². The van der Waals surface area contributed by atoms with Crippen LogP contribution in [0.3, 0.4) is 0 Å². The van der Waals surface area contributed by atoms with Gasteiger partial charge in [0, 0.05) is 28.2 Å². The molecule has 2 aliphatic rings. The molecule has 1 aliphatic heterocycles. The van der Waals surface area contributed by atoms with Crippen molar-refractivity contribution in [2.45, 2.75) is 38.5 Å². The molecule has 0 radical (unpaired) electrons. The molecule has 2 aromatic rings. The molecule has 1 aromatic heterocycles. The minimum absolute atomic E-state index is 0.158. The van der Waals surface area contributed by atoms with E-state index in [2.05, 4.69) is 5.38 Å². The van der Waals surface area contributed by atoms with Gasteiger partial charge in [0.1, 0.15) is 0 Å². The molecular weight excluding hydrogens is 292 g/mol. The van der Waals surface area contributed by atoms with Crippen molar-refractivity contribution in [3.8, 4) is 0 Å². The third kappa shape index (κ3) is 2.13. The van der Waals surface area contributed by atoms with Crippen LogP contribution in [-0.2, 0) is 19.3 Å². The molecule has 2 heterocycles. The summed E-state index contributed by atoms with van der Waals surface area (Å²) < 4.78 is 0. The minimum Gasteiger partial charge on any atom is -0.398 e. The Kier molecular flexibility index (Phi) is 3.41. The molecule has 114 valence electrons. The van der Waals surface area contributed by atoms with Crippen LogP contribution in [0.4, 0.5) is 11.4 Å². The maximum atomic E-state index is 13.1. The fourth-order valence-electron chi connectivity index (χ4n) is 3.68. The van der Waals surface area contributed by atoms with Gasteiger partial charge in [-0.1, -0.05) is 6.07 Å². The van der Waals surface area contributed by atoms with E-state index in [1.165, 1.54) is 23.3 Å². The third-order valence-electron chi connectivity index (χ3n) is 4.82. The summed E-state index contributed by atoms with van der Waals surface area (Å²) >= 11 is 1.76. The largest absolute Gasteiger partial charge is 0.398 e. The molecule has 0 unspecified atom stereocenters. The lowest BCUT2D eigenvalue weighted by atomic mass is 9.94. The summed E-state index contributed by atoms with van der Waals surface area (Å²) in [6.45, 7) is 0.792. The molecule has 0 saturated heterocycles. The summed E-state index contributed by atoms with van der Waals surface area (Å²) in [5, 5.41) is 2.07. The lowest BCUT2D eigenvalue weighted by Gasteiger charge is -2.30. The number of carbonyl (C=O) groups is 1. The highest BCUT2D eigenvalue weighted by atomic mass is 32.1. The Hall–Kier alpha value is -1.81. The zero-order chi connectivity index (χ0) is 15.1. The fraction of sp³-hybridized carbons (Fsp3) is 0.389. The fourth-order valence-corrected chi connectivity index (χ4v) is 4.80. The molecule has 0 saturated carbocycles. The molecule has 4 heteroatoms. The number of nitrogens with zero attached hydrogens (tertiary/aromatic N) is 1. The Balaban J connectivity index is 1.73. The van der Waals surface area contributed by atoms with E-state index < -0.39 is 0 Å². The average molecular weight is 312 g/mol. The van der Waals surface area contributed by atoms with Gasteiger partial charge in [0.25, 0.3) is 5.91 Å². The first-order chi connectivity index (χ1) is 10.8. The number of anilines is 2. The Morgan fingerprint density at radius 2 is 1.91 bits per heavy atom. The first-order valence-electron chi connectivity index (χ1n) is 8.04. The molecule has 2 N–H and O–H groups in total. The smallest absolute Gasteiger partial charge is 0.259 e. The van der Waals surface area contributed by atoms with E-state index in [4.69, 9.17) is 5.73 Å². The number of benzene rings is 1. The molecule has 1 aromatic carbocycles. The Labute approximate surface area is 134 Å². The second-order valence-electron chi connectivity index (χ2n) is 6.16. The Morgan fingerprint density at radius 1 is 1.09 bits per heavy atom. The first kappa shape index (κ1) is 13.8. The number of fused-ring (bicyclic) bond motifs is 2. The number of rotatable bonds is 1. The number of nitrogens with two attached hydrogens (primary N) is 1. The summed E-state index contributed by atoms with van der Waals surface area (Å²) in [5.41, 5.74) is 11.3. The van der Waals surface area contributed by atoms with Crippen molar-refractivity contribution in [3.05, 3.63) is 45.1 Å². The zero-order valence-corrected chi connectivity index (χ0v) is 13.4. The number of carbonyl (C=O) groups excluding carboxylic acids is 1. The van der Waals surface area contributed by atoms with E-state index in [0.29, 0.717) is 0 Å². The standard InChI is InChI=1S/C18H20N2OS/c19-15-7-3-8-16-13(15)6-4-10-20(16)18(21)14-11-22-17-9-2-1-5-12(14)17/h3,7-8,11H,1-2,4-6,9-10,19H2. The Morgan fingerprint density at radius 3 is 2.82 bits per heavy atom. The molecule has 0 fully saturated rings. The highest BCUT2D eigenvalue weighted by molar-refractivity contribution is 7.10. The molecule has 1 aliphatic carbocycles. The Bertz CT molecular complexity index is 735. The lowest BCUT2D eigenvalue weighted by Crippen LogP contribution is -2.36. The van der Waals surface area contributed by atoms with Crippen LogP contribution in [-0.4, -0.2) is 12.5 Å². The van der Waals surface area contributed by atoms with Crippen molar-refractivity contribution in [2.75, 3.05) is 17.2 Å². The third-order valence-corrected chi connectivity index (χ3v) is 5.91. The van der Waals surface area contributed by atoms with Crippen LogP contribution < -0.4 is 10.6 Å². The first-order valence-corrected chi connectivity index (χ1v) is 8.92. The average Bonchev–Trinajstić information content (AvgIpc) is 2.98. The van der Waals surface area contributed by atoms with Gasteiger partial charge in [-0.15, -0.1) is 11.3 Å². The molecule has 4 rings (SSSR count). The van der Waals surface area contributed by atoms with E-state index in [1.54, 1.807) is 11.3 Å². The quantitative estimate of drug-likeness (QED) is 0.814. The predicted octanol–water partition coefficient (Wildman–Crippen LogP) is 3.80. The van der Waals surface area contributed by atoms with Gasteiger partial charge in [-0.3, -0.25) is 4.79 Å². The second kappa shape index (κ2) is 5.43. The molecular formula is C18H20N2OS. The number of hydrogen-bond donors (Lipinski definition) is 1. The van der Waals surface area contributed by atoms with Gasteiger partial charge in [0.05, 0.1) is 5.56 Å². The topological polar surface area (TPSA) is 46.3 Å². The van der Waals surface area contributed by atoms with Gasteiger partial charge in [0.2, 0.25) is 0 Å². The number of thiophene rings is 1. The number of aryl methyl sites for hydroxylation is 1. The van der Waals surface area contributed by atoms with Crippen molar-refractivity contribution in [1.29, 1.82) is 0 Å². The van der Waals surface area contributed by atoms with Crippen molar-refractivity contribution >= 4 is 28.6 Å². The van der Waals surface area contributed by atoms with E-state index in [-0.39, 0.29) is 5.91 Å². The summed E-state index contributed by atoms with van der Waals surface area (Å²) in [6.07, 6.45) is 6.60. The van der Waals surface area contributed by atoms with Gasteiger partial charge in [-0.2, -0.15) is 0 Å². The van der Waals surface area contributed by atoms with Crippen LogP contribution >= 0.6 is 11.3 Å². The van der Waals surface area contributed by atoms with Crippen molar-refractivity contribution in [3.63, 3.8) is 0 Å². The number of nitrogen functional groups attached to an aromatic ring is 1. The molecule has 0 spiro atoms. The SMILES string of the molecule is Nc1cccc2c1CCCN2C(=O)c1csc2c1CCCC2. The number of amides is 1. The summed E-state index contributed by atoms with van der Waals surface area (Å²) in [6, 6.07) is 5.91. The highest BCUT2D eigenvalue weighted by Crippen LogP contribution is 2.35. The second-order valence-corrected chi connectivity index (χ2v) is 7.13.